The molecule has 1 aliphatic rings. The topological polar surface area (TPSA) is 91.7 Å². The zero-order chi connectivity index (χ0) is 16.7. The maximum Gasteiger partial charge on any atom is 0.493 e. The SMILES string of the molecule is CC(C)(C)OC(=O)Nc1nc2c(s1)C(F)CC(F)=C2B(O)O. The van der Waals surface area contributed by atoms with Gasteiger partial charge in [-0.2, -0.15) is 0 Å². The van der Waals surface area contributed by atoms with Gasteiger partial charge in [0.25, 0.3) is 0 Å². The molecule has 120 valence electrons. The lowest BCUT2D eigenvalue weighted by molar-refractivity contribution is 0.0636. The molecule has 1 unspecified atom stereocenters. The maximum absolute atomic E-state index is 13.9. The van der Waals surface area contributed by atoms with Crippen molar-refractivity contribution in [1.82, 2.24) is 4.98 Å². The van der Waals surface area contributed by atoms with Gasteiger partial charge in [0.15, 0.2) is 5.13 Å². The fourth-order valence-electron chi connectivity index (χ4n) is 1.93. The first-order valence-electron chi connectivity index (χ1n) is 6.48. The van der Waals surface area contributed by atoms with Gasteiger partial charge < -0.3 is 14.8 Å². The zero-order valence-electron chi connectivity index (χ0n) is 12.2. The largest absolute Gasteiger partial charge is 0.493 e. The summed E-state index contributed by atoms with van der Waals surface area (Å²) >= 11 is 0.800. The van der Waals surface area contributed by atoms with Gasteiger partial charge >= 0.3 is 13.2 Å². The number of amides is 1. The number of hydrogen-bond acceptors (Lipinski definition) is 6. The van der Waals surface area contributed by atoms with Crippen molar-refractivity contribution in [3.05, 3.63) is 16.4 Å². The number of rotatable bonds is 2. The molecule has 2 rings (SSSR count). The van der Waals surface area contributed by atoms with Gasteiger partial charge in [0, 0.05) is 11.9 Å². The van der Waals surface area contributed by atoms with Gasteiger partial charge in [-0.05, 0) is 20.8 Å². The Bertz CT molecular complexity index is 627. The number of carbonyl (C=O) groups excluding carboxylic acids is 1. The van der Waals surface area contributed by atoms with Gasteiger partial charge in [-0.25, -0.2) is 18.6 Å². The molecule has 1 aliphatic carbocycles. The van der Waals surface area contributed by atoms with Crippen LogP contribution in [0.25, 0.3) is 5.47 Å². The Morgan fingerprint density at radius 1 is 1.50 bits per heavy atom. The molecule has 3 N–H and O–H groups in total. The smallest absolute Gasteiger partial charge is 0.444 e. The predicted molar refractivity (Wildman–Crippen MR) is 78.7 cm³/mol. The highest BCUT2D eigenvalue weighted by molar-refractivity contribution is 7.16. The molecule has 1 heterocycles. The summed E-state index contributed by atoms with van der Waals surface area (Å²) in [6.45, 7) is 5.03. The van der Waals surface area contributed by atoms with Gasteiger partial charge in [-0.15, -0.1) is 0 Å². The molecule has 1 aromatic heterocycles. The van der Waals surface area contributed by atoms with Crippen LogP contribution in [-0.4, -0.2) is 33.8 Å². The van der Waals surface area contributed by atoms with E-state index < -0.39 is 42.7 Å². The van der Waals surface area contributed by atoms with Crippen LogP contribution in [0.1, 0.15) is 43.9 Å². The van der Waals surface area contributed by atoms with E-state index in [1.165, 1.54) is 0 Å². The molecule has 10 heteroatoms. The fraction of sp³-hybridized carbons (Fsp3) is 0.500. The van der Waals surface area contributed by atoms with Crippen LogP contribution in [-0.2, 0) is 4.74 Å². The molecular formula is C12H15BF2N2O4S. The van der Waals surface area contributed by atoms with Crippen molar-refractivity contribution in [2.24, 2.45) is 0 Å². The molecule has 0 aromatic carbocycles. The average Bonchev–Trinajstić information content (AvgIpc) is 2.68. The highest BCUT2D eigenvalue weighted by Gasteiger charge is 2.36. The number of carbonyl (C=O) groups is 1. The van der Waals surface area contributed by atoms with E-state index in [2.05, 4.69) is 10.3 Å². The van der Waals surface area contributed by atoms with Gasteiger partial charge in [0.05, 0.1) is 10.6 Å². The van der Waals surface area contributed by atoms with Gasteiger partial charge in [0.2, 0.25) is 0 Å². The lowest BCUT2D eigenvalue weighted by Crippen LogP contribution is -2.27. The van der Waals surface area contributed by atoms with Crippen molar-refractivity contribution in [3.63, 3.8) is 0 Å². The molecule has 6 nitrogen and oxygen atoms in total. The van der Waals surface area contributed by atoms with Crippen LogP contribution in [0.3, 0.4) is 0 Å². The summed E-state index contributed by atoms with van der Waals surface area (Å²) in [7, 11) is -2.11. The quantitative estimate of drug-likeness (QED) is 0.724. The van der Waals surface area contributed by atoms with Crippen LogP contribution >= 0.6 is 11.3 Å². The maximum atomic E-state index is 13.9. The number of aromatic nitrogens is 1. The van der Waals surface area contributed by atoms with E-state index in [1.807, 2.05) is 0 Å². The van der Waals surface area contributed by atoms with Crippen LogP contribution in [0.2, 0.25) is 0 Å². The normalized spacial score (nSPS) is 18.0. The molecule has 0 fully saturated rings. The second-order valence-corrected chi connectivity index (χ2v) is 6.75. The van der Waals surface area contributed by atoms with Crippen molar-refractivity contribution >= 4 is 35.2 Å². The number of anilines is 1. The second-order valence-electron chi connectivity index (χ2n) is 5.72. The van der Waals surface area contributed by atoms with E-state index in [9.17, 15) is 23.6 Å². The third-order valence-electron chi connectivity index (χ3n) is 2.71. The van der Waals surface area contributed by atoms with E-state index in [-0.39, 0.29) is 15.7 Å². The van der Waals surface area contributed by atoms with Crippen LogP contribution in [0, 0.1) is 0 Å². The van der Waals surface area contributed by atoms with Gasteiger partial charge in [-0.3, -0.25) is 5.32 Å². The first kappa shape index (κ1) is 16.8. The summed E-state index contributed by atoms with van der Waals surface area (Å²) in [6, 6.07) is 0. The number of halogens is 2. The third-order valence-corrected chi connectivity index (χ3v) is 3.77. The molecule has 0 bridgehead atoms. The molecule has 0 spiro atoms. The van der Waals surface area contributed by atoms with E-state index in [1.54, 1.807) is 20.8 Å². The summed E-state index contributed by atoms with van der Waals surface area (Å²) in [5, 5.41) is 20.7. The number of alkyl halides is 1. The van der Waals surface area contributed by atoms with E-state index in [0.717, 1.165) is 11.3 Å². The Balaban J connectivity index is 2.27. The summed E-state index contributed by atoms with van der Waals surface area (Å²) < 4.78 is 32.6. The molecular weight excluding hydrogens is 317 g/mol. The second kappa shape index (κ2) is 5.94. The standard InChI is InChI=1S/C12H15BF2N2O4S/c1-12(2,3)21-11(18)17-10-16-8-7(13(19)20)5(14)4-6(15)9(8)22-10/h6,19-20H,4H2,1-3H3,(H,16,17,18). The first-order chi connectivity index (χ1) is 10.1. The van der Waals surface area contributed by atoms with Gasteiger partial charge in [-0.1, -0.05) is 11.3 Å². The molecule has 1 atom stereocenters. The number of ether oxygens (including phenoxy) is 1. The molecule has 1 aromatic rings. The van der Waals surface area contributed by atoms with Crippen molar-refractivity contribution in [3.8, 4) is 0 Å². The molecule has 0 radical (unpaired) electrons. The highest BCUT2D eigenvalue weighted by Crippen LogP contribution is 2.44. The summed E-state index contributed by atoms with van der Waals surface area (Å²) in [5.74, 6) is -0.968. The number of allylic oxidation sites excluding steroid dienone is 1. The van der Waals surface area contributed by atoms with E-state index in [4.69, 9.17) is 4.74 Å². The molecule has 0 saturated heterocycles. The Morgan fingerprint density at radius 2 is 2.14 bits per heavy atom. The monoisotopic (exact) mass is 332 g/mol. The minimum Gasteiger partial charge on any atom is -0.444 e. The molecule has 0 saturated carbocycles. The Morgan fingerprint density at radius 3 is 2.68 bits per heavy atom. The van der Waals surface area contributed by atoms with Crippen molar-refractivity contribution in [2.45, 2.75) is 39.0 Å². The predicted octanol–water partition coefficient (Wildman–Crippen LogP) is 2.60. The van der Waals surface area contributed by atoms with Crippen molar-refractivity contribution in [1.29, 1.82) is 0 Å². The zero-order valence-corrected chi connectivity index (χ0v) is 13.0. The number of nitrogens with one attached hydrogen (secondary N) is 1. The number of thiazole rings is 1. The average molecular weight is 332 g/mol. The Hall–Kier alpha value is -1.52. The van der Waals surface area contributed by atoms with Crippen molar-refractivity contribution < 1.29 is 28.4 Å². The lowest BCUT2D eigenvalue weighted by Gasteiger charge is -2.18. The number of hydrogen-bond donors (Lipinski definition) is 3. The first-order valence-corrected chi connectivity index (χ1v) is 7.30. The highest BCUT2D eigenvalue weighted by atomic mass is 32.1. The number of nitrogens with zero attached hydrogens (tertiary/aromatic N) is 1. The molecule has 1 amide bonds. The van der Waals surface area contributed by atoms with Gasteiger partial charge in [0.1, 0.15) is 17.6 Å². The van der Waals surface area contributed by atoms with E-state index >= 15 is 0 Å². The van der Waals surface area contributed by atoms with E-state index in [0.29, 0.717) is 0 Å². The third kappa shape index (κ3) is 3.62. The molecule has 0 aliphatic heterocycles. The molecule has 22 heavy (non-hydrogen) atoms. The summed E-state index contributed by atoms with van der Waals surface area (Å²) in [6.07, 6.45) is -3.03. The summed E-state index contributed by atoms with van der Waals surface area (Å²) in [5.41, 5.74) is -1.39. The van der Waals surface area contributed by atoms with Crippen LogP contribution in [0.4, 0.5) is 18.7 Å². The minimum atomic E-state index is -2.11. The lowest BCUT2D eigenvalue weighted by atomic mass is 9.73. The van der Waals surface area contributed by atoms with Crippen LogP contribution in [0.15, 0.2) is 5.83 Å². The minimum absolute atomic E-state index is 0.00486. The van der Waals surface area contributed by atoms with Crippen molar-refractivity contribution in [2.75, 3.05) is 5.32 Å². The van der Waals surface area contributed by atoms with Crippen LogP contribution < -0.4 is 5.32 Å². The van der Waals surface area contributed by atoms with Crippen LogP contribution in [0.5, 0.6) is 0 Å². The number of fused-ring (bicyclic) bond motifs is 1. The fourth-order valence-corrected chi connectivity index (χ4v) is 2.88. The summed E-state index contributed by atoms with van der Waals surface area (Å²) in [4.78, 5) is 15.6. The Kier molecular flexibility index (Phi) is 4.55. The Labute approximate surface area is 130 Å².